The second-order valence-electron chi connectivity index (χ2n) is 5.66. The molecule has 1 heterocycles. The zero-order chi connectivity index (χ0) is 17.1. The number of anilines is 1. The monoisotopic (exact) mass is 342 g/mol. The summed E-state index contributed by atoms with van der Waals surface area (Å²) >= 11 is 1.59. The van der Waals surface area contributed by atoms with Crippen LogP contribution in [-0.4, -0.2) is 28.9 Å². The summed E-state index contributed by atoms with van der Waals surface area (Å²) < 4.78 is 15.8. The van der Waals surface area contributed by atoms with Crippen molar-refractivity contribution < 1.29 is 4.39 Å². The molecule has 0 radical (unpaired) electrons. The molecule has 0 bridgehead atoms. The SMILES string of the molecule is CN(C)c1ccccc1CSc1nnc(-c2ccccc2F)n1C. The number of halogens is 1. The second-order valence-corrected chi connectivity index (χ2v) is 6.60. The van der Waals surface area contributed by atoms with Gasteiger partial charge in [0.25, 0.3) is 0 Å². The molecule has 0 unspecified atom stereocenters. The van der Waals surface area contributed by atoms with Gasteiger partial charge in [-0.15, -0.1) is 10.2 Å². The molecule has 0 saturated heterocycles. The van der Waals surface area contributed by atoms with Crippen molar-refractivity contribution in [1.82, 2.24) is 14.8 Å². The Kier molecular flexibility index (Phi) is 4.85. The maximum absolute atomic E-state index is 14.0. The van der Waals surface area contributed by atoms with Crippen LogP contribution in [0.5, 0.6) is 0 Å². The highest BCUT2D eigenvalue weighted by Crippen LogP contribution is 2.29. The van der Waals surface area contributed by atoms with Gasteiger partial charge in [0.2, 0.25) is 0 Å². The zero-order valence-electron chi connectivity index (χ0n) is 13.9. The van der Waals surface area contributed by atoms with Gasteiger partial charge in [-0.25, -0.2) is 4.39 Å². The van der Waals surface area contributed by atoms with E-state index in [2.05, 4.69) is 27.2 Å². The number of aromatic nitrogens is 3. The van der Waals surface area contributed by atoms with Crippen molar-refractivity contribution in [2.75, 3.05) is 19.0 Å². The van der Waals surface area contributed by atoms with Crippen molar-refractivity contribution in [3.05, 3.63) is 59.9 Å². The molecule has 0 saturated carbocycles. The lowest BCUT2D eigenvalue weighted by atomic mass is 10.2. The van der Waals surface area contributed by atoms with Crippen molar-refractivity contribution in [2.24, 2.45) is 7.05 Å². The van der Waals surface area contributed by atoms with Crippen molar-refractivity contribution in [1.29, 1.82) is 0 Å². The van der Waals surface area contributed by atoms with Crippen LogP contribution in [0.4, 0.5) is 10.1 Å². The maximum Gasteiger partial charge on any atom is 0.191 e. The Morgan fingerprint density at radius 2 is 1.75 bits per heavy atom. The largest absolute Gasteiger partial charge is 0.377 e. The standard InChI is InChI=1S/C18H19FN4S/c1-22(2)16-11-7-4-8-13(16)12-24-18-21-20-17(23(18)3)14-9-5-6-10-15(14)19/h4-11H,12H2,1-3H3. The average Bonchev–Trinajstić information content (AvgIpc) is 2.94. The molecule has 3 rings (SSSR count). The molecule has 1 aromatic heterocycles. The Morgan fingerprint density at radius 3 is 2.50 bits per heavy atom. The van der Waals surface area contributed by atoms with Crippen LogP contribution < -0.4 is 4.90 Å². The predicted molar refractivity (Wildman–Crippen MR) is 96.7 cm³/mol. The van der Waals surface area contributed by atoms with Gasteiger partial charge in [0.15, 0.2) is 11.0 Å². The first-order valence-electron chi connectivity index (χ1n) is 7.60. The first-order chi connectivity index (χ1) is 11.6. The third-order valence-electron chi connectivity index (χ3n) is 3.78. The van der Waals surface area contributed by atoms with Gasteiger partial charge in [0.05, 0.1) is 5.56 Å². The summed E-state index contributed by atoms with van der Waals surface area (Å²) in [6.45, 7) is 0. The van der Waals surface area contributed by atoms with Crippen LogP contribution in [0.2, 0.25) is 0 Å². The van der Waals surface area contributed by atoms with Crippen LogP contribution in [0.15, 0.2) is 53.7 Å². The van der Waals surface area contributed by atoms with Crippen LogP contribution in [0, 0.1) is 5.82 Å². The molecule has 0 spiro atoms. The molecule has 0 N–H and O–H groups in total. The summed E-state index contributed by atoms with van der Waals surface area (Å²) in [5.41, 5.74) is 2.87. The highest BCUT2D eigenvalue weighted by Gasteiger charge is 2.15. The third kappa shape index (κ3) is 3.28. The third-order valence-corrected chi connectivity index (χ3v) is 4.85. The van der Waals surface area contributed by atoms with Crippen molar-refractivity contribution in [3.8, 4) is 11.4 Å². The maximum atomic E-state index is 14.0. The van der Waals surface area contributed by atoms with E-state index < -0.39 is 0 Å². The van der Waals surface area contributed by atoms with E-state index in [1.807, 2.05) is 37.8 Å². The van der Waals surface area contributed by atoms with Gasteiger partial charge in [0, 0.05) is 32.6 Å². The minimum Gasteiger partial charge on any atom is -0.377 e. The Labute approximate surface area is 145 Å². The number of para-hydroxylation sites is 1. The minimum absolute atomic E-state index is 0.289. The number of rotatable bonds is 5. The van der Waals surface area contributed by atoms with Gasteiger partial charge < -0.3 is 9.47 Å². The van der Waals surface area contributed by atoms with Gasteiger partial charge in [-0.2, -0.15) is 0 Å². The summed E-state index contributed by atoms with van der Waals surface area (Å²) in [5, 5.41) is 9.14. The lowest BCUT2D eigenvalue weighted by Gasteiger charge is -2.16. The molecule has 0 fully saturated rings. The van der Waals surface area contributed by atoms with Crippen LogP contribution in [0.25, 0.3) is 11.4 Å². The quantitative estimate of drug-likeness (QED) is 0.657. The van der Waals surface area contributed by atoms with Crippen LogP contribution in [-0.2, 0) is 12.8 Å². The smallest absolute Gasteiger partial charge is 0.191 e. The van der Waals surface area contributed by atoms with E-state index in [1.54, 1.807) is 30.0 Å². The van der Waals surface area contributed by atoms with Crippen molar-refractivity contribution in [3.63, 3.8) is 0 Å². The summed E-state index contributed by atoms with van der Waals surface area (Å²) in [4.78, 5) is 2.09. The Morgan fingerprint density at radius 1 is 1.04 bits per heavy atom. The lowest BCUT2D eigenvalue weighted by molar-refractivity contribution is 0.628. The molecule has 24 heavy (non-hydrogen) atoms. The molecule has 0 aliphatic rings. The Balaban J connectivity index is 1.82. The molecule has 0 atom stereocenters. The fraction of sp³-hybridized carbons (Fsp3) is 0.222. The molecule has 6 heteroatoms. The van der Waals surface area contributed by atoms with Crippen LogP contribution in [0.3, 0.4) is 0 Å². The van der Waals surface area contributed by atoms with Gasteiger partial charge in [-0.3, -0.25) is 0 Å². The number of nitrogens with zero attached hydrogens (tertiary/aromatic N) is 4. The number of hydrogen-bond acceptors (Lipinski definition) is 4. The zero-order valence-corrected chi connectivity index (χ0v) is 14.7. The van der Waals surface area contributed by atoms with E-state index in [9.17, 15) is 4.39 Å². The fourth-order valence-corrected chi connectivity index (χ4v) is 3.44. The predicted octanol–water partition coefficient (Wildman–Crippen LogP) is 3.98. The first kappa shape index (κ1) is 16.5. The lowest BCUT2D eigenvalue weighted by Crippen LogP contribution is -2.10. The normalized spacial score (nSPS) is 10.8. The van der Waals surface area contributed by atoms with E-state index >= 15 is 0 Å². The van der Waals surface area contributed by atoms with Gasteiger partial charge >= 0.3 is 0 Å². The minimum atomic E-state index is -0.289. The molecule has 0 aliphatic heterocycles. The van der Waals surface area contributed by atoms with Gasteiger partial charge in [0.1, 0.15) is 5.82 Å². The number of hydrogen-bond donors (Lipinski definition) is 0. The Bertz CT molecular complexity index is 845. The molecular formula is C18H19FN4S. The molecule has 3 aromatic rings. The molecule has 2 aromatic carbocycles. The topological polar surface area (TPSA) is 34.0 Å². The second kappa shape index (κ2) is 7.05. The summed E-state index contributed by atoms with van der Waals surface area (Å²) in [5.74, 6) is 1.02. The summed E-state index contributed by atoms with van der Waals surface area (Å²) in [7, 11) is 5.92. The molecule has 124 valence electrons. The van der Waals surface area contributed by atoms with Gasteiger partial charge in [-0.05, 0) is 23.8 Å². The molecular weight excluding hydrogens is 323 g/mol. The van der Waals surface area contributed by atoms with E-state index in [0.29, 0.717) is 11.4 Å². The fourth-order valence-electron chi connectivity index (χ4n) is 2.53. The van der Waals surface area contributed by atoms with Gasteiger partial charge in [-0.1, -0.05) is 42.1 Å². The highest BCUT2D eigenvalue weighted by atomic mass is 32.2. The molecule has 0 aliphatic carbocycles. The van der Waals surface area contributed by atoms with E-state index in [4.69, 9.17) is 0 Å². The van der Waals surface area contributed by atoms with E-state index in [-0.39, 0.29) is 5.82 Å². The first-order valence-corrected chi connectivity index (χ1v) is 8.59. The molecule has 0 amide bonds. The summed E-state index contributed by atoms with van der Waals surface area (Å²) in [6.07, 6.45) is 0. The number of benzene rings is 2. The number of thioether (sulfide) groups is 1. The van der Waals surface area contributed by atoms with Crippen molar-refractivity contribution >= 4 is 17.4 Å². The average molecular weight is 342 g/mol. The van der Waals surface area contributed by atoms with Crippen LogP contribution in [0.1, 0.15) is 5.56 Å². The Hall–Kier alpha value is -2.34. The van der Waals surface area contributed by atoms with E-state index in [1.165, 1.54) is 17.3 Å². The van der Waals surface area contributed by atoms with E-state index in [0.717, 1.165) is 10.9 Å². The van der Waals surface area contributed by atoms with Crippen molar-refractivity contribution in [2.45, 2.75) is 10.9 Å². The van der Waals surface area contributed by atoms with Crippen LogP contribution >= 0.6 is 11.8 Å². The highest BCUT2D eigenvalue weighted by molar-refractivity contribution is 7.98. The molecule has 4 nitrogen and oxygen atoms in total. The summed E-state index contributed by atoms with van der Waals surface area (Å²) in [6, 6.07) is 14.9.